The number of nitro benzene ring substituents is 1. The van der Waals surface area contributed by atoms with Crippen LogP contribution in [0.3, 0.4) is 0 Å². The lowest BCUT2D eigenvalue weighted by molar-refractivity contribution is -0.388. The molecule has 0 saturated heterocycles. The summed E-state index contributed by atoms with van der Waals surface area (Å²) in [5.41, 5.74) is -0.237. The summed E-state index contributed by atoms with van der Waals surface area (Å²) in [6, 6.07) is 0.841. The fraction of sp³-hybridized carbons (Fsp3) is 0.250. The number of halogens is 2. The molecule has 8 nitrogen and oxygen atoms in total. The zero-order valence-corrected chi connectivity index (χ0v) is 13.1. The van der Waals surface area contributed by atoms with Crippen molar-refractivity contribution in [2.24, 2.45) is 7.05 Å². The van der Waals surface area contributed by atoms with Gasteiger partial charge in [0.05, 0.1) is 26.9 Å². The standard InChI is InChI=1S/C12H12F2N4O4S/c1-6-12(7(2)17(3)15-6)16-23(21,22)8-4-9(13)11(14)10(5-8)18(19)20/h4-5,16H,1-3H3. The van der Waals surface area contributed by atoms with Gasteiger partial charge in [0.25, 0.3) is 10.0 Å². The van der Waals surface area contributed by atoms with Crippen LogP contribution in [0.2, 0.25) is 0 Å². The SMILES string of the molecule is Cc1nn(C)c(C)c1NS(=O)(=O)c1cc(F)c(F)c([N+](=O)[O-])c1. The lowest BCUT2D eigenvalue weighted by Crippen LogP contribution is -2.15. The second kappa shape index (κ2) is 5.57. The number of aryl methyl sites for hydroxylation is 2. The van der Waals surface area contributed by atoms with Gasteiger partial charge in [0.15, 0.2) is 5.82 Å². The molecule has 0 amide bonds. The first-order valence-electron chi connectivity index (χ1n) is 6.21. The van der Waals surface area contributed by atoms with Crippen molar-refractivity contribution >= 4 is 21.4 Å². The zero-order chi connectivity index (χ0) is 17.5. The monoisotopic (exact) mass is 346 g/mol. The van der Waals surface area contributed by atoms with Crippen molar-refractivity contribution in [2.75, 3.05) is 4.72 Å². The Morgan fingerprint density at radius 2 is 1.91 bits per heavy atom. The number of rotatable bonds is 4. The second-order valence-corrected chi connectivity index (χ2v) is 6.45. The largest absolute Gasteiger partial charge is 0.309 e. The van der Waals surface area contributed by atoms with Crippen LogP contribution in [0.1, 0.15) is 11.4 Å². The number of hydrogen-bond acceptors (Lipinski definition) is 5. The lowest BCUT2D eigenvalue weighted by atomic mass is 10.3. The fourth-order valence-electron chi connectivity index (χ4n) is 1.95. The van der Waals surface area contributed by atoms with Gasteiger partial charge in [-0.2, -0.15) is 9.49 Å². The van der Waals surface area contributed by atoms with Crippen LogP contribution in [0.4, 0.5) is 20.2 Å². The topological polar surface area (TPSA) is 107 Å². The van der Waals surface area contributed by atoms with E-state index >= 15 is 0 Å². The van der Waals surface area contributed by atoms with Crippen molar-refractivity contribution in [3.05, 3.63) is 45.3 Å². The number of sulfonamides is 1. The van der Waals surface area contributed by atoms with Crippen molar-refractivity contribution in [2.45, 2.75) is 18.7 Å². The van der Waals surface area contributed by atoms with Crippen LogP contribution in [-0.2, 0) is 17.1 Å². The molecule has 0 fully saturated rings. The molecule has 0 radical (unpaired) electrons. The quantitative estimate of drug-likeness (QED) is 0.673. The molecule has 0 unspecified atom stereocenters. The molecule has 0 atom stereocenters. The molecular formula is C12H12F2N4O4S. The first kappa shape index (κ1) is 16.8. The molecule has 124 valence electrons. The van der Waals surface area contributed by atoms with E-state index in [0.29, 0.717) is 23.5 Å². The number of nitro groups is 1. The molecule has 2 aromatic rings. The molecule has 0 aliphatic carbocycles. The molecule has 0 aliphatic rings. The maximum Gasteiger partial charge on any atom is 0.309 e. The van der Waals surface area contributed by atoms with Gasteiger partial charge >= 0.3 is 5.69 Å². The van der Waals surface area contributed by atoms with Gasteiger partial charge < -0.3 is 0 Å². The van der Waals surface area contributed by atoms with E-state index in [-0.39, 0.29) is 5.69 Å². The normalized spacial score (nSPS) is 11.5. The minimum atomic E-state index is -4.35. The van der Waals surface area contributed by atoms with Crippen LogP contribution >= 0.6 is 0 Å². The maximum absolute atomic E-state index is 13.4. The summed E-state index contributed by atoms with van der Waals surface area (Å²) in [6.45, 7) is 3.16. The molecular weight excluding hydrogens is 334 g/mol. The van der Waals surface area contributed by atoms with Crippen LogP contribution in [0, 0.1) is 35.6 Å². The Morgan fingerprint density at radius 3 is 2.39 bits per heavy atom. The molecule has 0 spiro atoms. The third-order valence-corrected chi connectivity index (χ3v) is 4.56. The highest BCUT2D eigenvalue weighted by Crippen LogP contribution is 2.27. The van der Waals surface area contributed by atoms with Crippen molar-refractivity contribution in [3.63, 3.8) is 0 Å². The Labute approximate surface area is 129 Å². The van der Waals surface area contributed by atoms with Crippen LogP contribution in [0.5, 0.6) is 0 Å². The highest BCUT2D eigenvalue weighted by atomic mass is 32.2. The van der Waals surface area contributed by atoms with Crippen LogP contribution in [0.25, 0.3) is 0 Å². The number of hydrogen-bond donors (Lipinski definition) is 1. The Bertz CT molecular complexity index is 908. The summed E-state index contributed by atoms with van der Waals surface area (Å²) in [5.74, 6) is -3.35. The van der Waals surface area contributed by atoms with Crippen molar-refractivity contribution in [1.82, 2.24) is 9.78 Å². The van der Waals surface area contributed by atoms with E-state index in [1.807, 2.05) is 0 Å². The first-order valence-corrected chi connectivity index (χ1v) is 7.69. The van der Waals surface area contributed by atoms with Gasteiger partial charge in [-0.15, -0.1) is 0 Å². The van der Waals surface area contributed by atoms with E-state index in [2.05, 4.69) is 9.82 Å². The van der Waals surface area contributed by atoms with Crippen molar-refractivity contribution in [1.29, 1.82) is 0 Å². The van der Waals surface area contributed by atoms with Gasteiger partial charge in [-0.1, -0.05) is 0 Å². The highest BCUT2D eigenvalue weighted by molar-refractivity contribution is 7.92. The predicted octanol–water partition coefficient (Wildman–Crippen LogP) is 2.02. The molecule has 23 heavy (non-hydrogen) atoms. The Kier molecular flexibility index (Phi) is 4.07. The van der Waals surface area contributed by atoms with E-state index in [0.717, 1.165) is 0 Å². The number of benzene rings is 1. The predicted molar refractivity (Wildman–Crippen MR) is 76.5 cm³/mol. The van der Waals surface area contributed by atoms with Crippen molar-refractivity contribution in [3.8, 4) is 0 Å². The average molecular weight is 346 g/mol. The fourth-order valence-corrected chi connectivity index (χ4v) is 3.16. The maximum atomic E-state index is 13.4. The lowest BCUT2D eigenvalue weighted by Gasteiger charge is -2.09. The smallest absolute Gasteiger partial charge is 0.276 e. The summed E-state index contributed by atoms with van der Waals surface area (Å²) in [5, 5.41) is 14.7. The summed E-state index contributed by atoms with van der Waals surface area (Å²) in [6.07, 6.45) is 0. The highest BCUT2D eigenvalue weighted by Gasteiger charge is 2.27. The van der Waals surface area contributed by atoms with E-state index < -0.39 is 37.2 Å². The van der Waals surface area contributed by atoms with E-state index in [1.165, 1.54) is 4.68 Å². The van der Waals surface area contributed by atoms with Crippen LogP contribution < -0.4 is 4.72 Å². The van der Waals surface area contributed by atoms with Crippen LogP contribution in [0.15, 0.2) is 17.0 Å². The number of anilines is 1. The molecule has 1 aromatic heterocycles. The van der Waals surface area contributed by atoms with Gasteiger partial charge in [-0.3, -0.25) is 19.5 Å². The van der Waals surface area contributed by atoms with Gasteiger partial charge in [0, 0.05) is 13.1 Å². The molecule has 1 aromatic carbocycles. The molecule has 0 saturated carbocycles. The third-order valence-electron chi connectivity index (χ3n) is 3.23. The number of nitrogens with zero attached hydrogens (tertiary/aromatic N) is 3. The number of aromatic nitrogens is 2. The second-order valence-electron chi connectivity index (χ2n) is 4.77. The summed E-state index contributed by atoms with van der Waals surface area (Å²) in [4.78, 5) is 8.74. The summed E-state index contributed by atoms with van der Waals surface area (Å²) < 4.78 is 55.0. The average Bonchev–Trinajstić information content (AvgIpc) is 2.67. The van der Waals surface area contributed by atoms with Gasteiger partial charge in [0.1, 0.15) is 0 Å². The Hall–Kier alpha value is -2.56. The molecule has 11 heteroatoms. The minimum Gasteiger partial charge on any atom is -0.276 e. The Morgan fingerprint density at radius 1 is 1.30 bits per heavy atom. The molecule has 1 heterocycles. The van der Waals surface area contributed by atoms with E-state index in [4.69, 9.17) is 0 Å². The summed E-state index contributed by atoms with van der Waals surface area (Å²) in [7, 11) is -2.75. The third kappa shape index (κ3) is 2.99. The minimum absolute atomic E-state index is 0.167. The van der Waals surface area contributed by atoms with Gasteiger partial charge in [-0.25, -0.2) is 12.8 Å². The molecule has 2 rings (SSSR count). The van der Waals surface area contributed by atoms with E-state index in [9.17, 15) is 27.3 Å². The van der Waals surface area contributed by atoms with Gasteiger partial charge in [-0.05, 0) is 19.9 Å². The number of nitrogens with one attached hydrogen (secondary N) is 1. The molecule has 0 aliphatic heterocycles. The van der Waals surface area contributed by atoms with E-state index in [1.54, 1.807) is 20.9 Å². The van der Waals surface area contributed by atoms with Gasteiger partial charge in [0.2, 0.25) is 5.82 Å². The summed E-state index contributed by atoms with van der Waals surface area (Å²) >= 11 is 0. The Balaban J connectivity index is 2.54. The van der Waals surface area contributed by atoms with Crippen molar-refractivity contribution < 1.29 is 22.1 Å². The van der Waals surface area contributed by atoms with Crippen LogP contribution in [-0.4, -0.2) is 23.1 Å². The zero-order valence-electron chi connectivity index (χ0n) is 12.3. The first-order chi connectivity index (χ1) is 10.5. The molecule has 0 bridgehead atoms. The molecule has 1 N–H and O–H groups in total.